The first-order valence-corrected chi connectivity index (χ1v) is 11.2. The second-order valence-corrected chi connectivity index (χ2v) is 8.40. The summed E-state index contributed by atoms with van der Waals surface area (Å²) in [6, 6.07) is 14.2. The number of hydrogen-bond donors (Lipinski definition) is 0. The van der Waals surface area contributed by atoms with E-state index in [-0.39, 0.29) is 12.5 Å². The number of hydrogen-bond acceptors (Lipinski definition) is 7. The maximum Gasteiger partial charge on any atom is 0.338 e. The number of amidine groups is 1. The molecule has 0 bridgehead atoms. The molecule has 1 atom stereocenters. The number of thioether (sulfide) groups is 1. The van der Waals surface area contributed by atoms with Crippen LogP contribution in [0.1, 0.15) is 30.5 Å². The van der Waals surface area contributed by atoms with Gasteiger partial charge in [-0.3, -0.25) is 9.69 Å². The Morgan fingerprint density at radius 3 is 2.59 bits per heavy atom. The van der Waals surface area contributed by atoms with Gasteiger partial charge < -0.3 is 14.2 Å². The molecule has 2 heterocycles. The number of fused-ring (bicyclic) bond motifs is 1. The molecule has 8 heteroatoms. The molecule has 4 rings (SSSR count). The molecule has 1 amide bonds. The van der Waals surface area contributed by atoms with Crippen LogP contribution in [0.3, 0.4) is 0 Å². The number of esters is 1. The molecule has 0 aromatic heterocycles. The lowest BCUT2D eigenvalue weighted by Gasteiger charge is -2.39. The number of carbonyl (C=O) groups excluding carboxylic acids is 2. The molecular formula is C24H24N2O5S. The van der Waals surface area contributed by atoms with Gasteiger partial charge in [-0.15, -0.1) is 0 Å². The van der Waals surface area contributed by atoms with E-state index in [4.69, 9.17) is 14.2 Å². The normalized spacial score (nSPS) is 18.1. The average molecular weight is 453 g/mol. The smallest absolute Gasteiger partial charge is 0.338 e. The molecule has 0 radical (unpaired) electrons. The summed E-state index contributed by atoms with van der Waals surface area (Å²) in [5.41, 5.74) is 2.48. The van der Waals surface area contributed by atoms with Crippen molar-refractivity contribution in [2.75, 3.05) is 20.0 Å². The number of methoxy groups -OCH3 is 2. The number of benzene rings is 2. The van der Waals surface area contributed by atoms with Crippen LogP contribution in [0.5, 0.6) is 11.5 Å². The Bertz CT molecular complexity index is 1100. The Morgan fingerprint density at radius 1 is 1.12 bits per heavy atom. The van der Waals surface area contributed by atoms with Crippen molar-refractivity contribution < 1.29 is 23.8 Å². The fourth-order valence-electron chi connectivity index (χ4n) is 3.80. The van der Waals surface area contributed by atoms with Gasteiger partial charge in [0.15, 0.2) is 16.7 Å². The van der Waals surface area contributed by atoms with E-state index >= 15 is 0 Å². The van der Waals surface area contributed by atoms with Gasteiger partial charge in [0, 0.05) is 12.2 Å². The molecule has 2 aliphatic rings. The predicted octanol–water partition coefficient (Wildman–Crippen LogP) is 4.10. The summed E-state index contributed by atoms with van der Waals surface area (Å²) >= 11 is 1.51. The van der Waals surface area contributed by atoms with Crippen LogP contribution in [-0.2, 0) is 20.9 Å². The quantitative estimate of drug-likeness (QED) is 0.614. The van der Waals surface area contributed by atoms with Crippen LogP contribution in [-0.4, -0.2) is 41.9 Å². The maximum absolute atomic E-state index is 13.3. The number of aliphatic imine (C=N–C) groups is 1. The summed E-state index contributed by atoms with van der Waals surface area (Å²) in [6.45, 7) is 1.91. The van der Waals surface area contributed by atoms with Crippen LogP contribution in [0.15, 0.2) is 64.8 Å². The summed E-state index contributed by atoms with van der Waals surface area (Å²) in [7, 11) is 3.11. The summed E-state index contributed by atoms with van der Waals surface area (Å²) in [5.74, 6) is 1.16. The van der Waals surface area contributed by atoms with Gasteiger partial charge >= 0.3 is 5.97 Å². The third-order valence-corrected chi connectivity index (χ3v) is 6.32. The zero-order valence-electron chi connectivity index (χ0n) is 18.2. The van der Waals surface area contributed by atoms with Crippen LogP contribution in [0.25, 0.3) is 0 Å². The molecular weight excluding hydrogens is 428 g/mol. The van der Waals surface area contributed by atoms with Gasteiger partial charge in [-0.2, -0.15) is 0 Å². The molecule has 2 aromatic rings. The number of ether oxygens (including phenoxy) is 3. The first-order chi connectivity index (χ1) is 15.5. The molecule has 166 valence electrons. The number of amides is 1. The zero-order valence-corrected chi connectivity index (χ0v) is 19.0. The fourth-order valence-corrected chi connectivity index (χ4v) is 4.80. The van der Waals surface area contributed by atoms with Crippen molar-refractivity contribution in [3.63, 3.8) is 0 Å². The zero-order chi connectivity index (χ0) is 22.7. The molecule has 0 unspecified atom stereocenters. The maximum atomic E-state index is 13.3. The van der Waals surface area contributed by atoms with E-state index < -0.39 is 12.0 Å². The minimum Gasteiger partial charge on any atom is -0.493 e. The molecule has 1 saturated heterocycles. The van der Waals surface area contributed by atoms with Crippen molar-refractivity contribution in [2.45, 2.75) is 26.0 Å². The van der Waals surface area contributed by atoms with E-state index in [9.17, 15) is 9.59 Å². The lowest BCUT2D eigenvalue weighted by Crippen LogP contribution is -2.45. The topological polar surface area (TPSA) is 77.4 Å². The molecule has 2 aliphatic heterocycles. The van der Waals surface area contributed by atoms with Crippen molar-refractivity contribution in [1.82, 2.24) is 4.90 Å². The Balaban J connectivity index is 1.75. The Kier molecular flexibility index (Phi) is 6.50. The van der Waals surface area contributed by atoms with Crippen molar-refractivity contribution >= 4 is 28.8 Å². The number of nitrogens with zero attached hydrogens (tertiary/aromatic N) is 2. The van der Waals surface area contributed by atoms with Crippen molar-refractivity contribution in [2.24, 2.45) is 4.99 Å². The van der Waals surface area contributed by atoms with Gasteiger partial charge in [-0.1, -0.05) is 48.2 Å². The molecule has 1 fully saturated rings. The molecule has 32 heavy (non-hydrogen) atoms. The number of allylic oxidation sites excluding steroid dienone is 1. The van der Waals surface area contributed by atoms with Gasteiger partial charge in [0.05, 0.1) is 31.5 Å². The minimum atomic E-state index is -0.661. The molecule has 0 spiro atoms. The highest BCUT2D eigenvalue weighted by Crippen LogP contribution is 2.42. The van der Waals surface area contributed by atoms with Gasteiger partial charge in [0.1, 0.15) is 6.61 Å². The van der Waals surface area contributed by atoms with E-state index in [0.29, 0.717) is 40.1 Å². The second kappa shape index (κ2) is 9.48. The minimum absolute atomic E-state index is 0.0804. The monoisotopic (exact) mass is 452 g/mol. The third kappa shape index (κ3) is 4.23. The first kappa shape index (κ1) is 22.0. The van der Waals surface area contributed by atoms with E-state index in [2.05, 4.69) is 4.99 Å². The highest BCUT2D eigenvalue weighted by molar-refractivity contribution is 8.14. The SMILES string of the molecule is COc1ccc([C@@H]2C(C(=O)OCc3ccccc3)=C(C)N=C3SCCC(=O)N32)cc1OC. The van der Waals surface area contributed by atoms with Crippen molar-refractivity contribution in [3.05, 3.63) is 70.9 Å². The summed E-state index contributed by atoms with van der Waals surface area (Å²) in [6.07, 6.45) is 0.374. The molecule has 2 aromatic carbocycles. The van der Waals surface area contributed by atoms with Gasteiger partial charge in [0.25, 0.3) is 0 Å². The van der Waals surface area contributed by atoms with Crippen LogP contribution in [0, 0.1) is 0 Å². The molecule has 0 aliphatic carbocycles. The standard InChI is InChI=1S/C24H24N2O5S/c1-15-21(23(28)31-14-16-7-5-4-6-8-16)22(26-20(27)11-12-32-24(26)25-15)17-9-10-18(29-2)19(13-17)30-3/h4-10,13,22H,11-12,14H2,1-3H3/t22-/m1/s1. The fraction of sp³-hybridized carbons (Fsp3) is 0.292. The van der Waals surface area contributed by atoms with Crippen LogP contribution >= 0.6 is 11.8 Å². The van der Waals surface area contributed by atoms with Crippen molar-refractivity contribution in [3.8, 4) is 11.5 Å². The molecule has 7 nitrogen and oxygen atoms in total. The van der Waals surface area contributed by atoms with E-state index in [1.54, 1.807) is 38.2 Å². The van der Waals surface area contributed by atoms with Crippen LogP contribution in [0.2, 0.25) is 0 Å². The van der Waals surface area contributed by atoms with Crippen LogP contribution < -0.4 is 9.47 Å². The Labute approximate surface area is 191 Å². The first-order valence-electron chi connectivity index (χ1n) is 10.2. The highest BCUT2D eigenvalue weighted by atomic mass is 32.2. The van der Waals surface area contributed by atoms with Crippen molar-refractivity contribution in [1.29, 1.82) is 0 Å². The van der Waals surface area contributed by atoms with E-state index in [1.807, 2.05) is 36.4 Å². The Morgan fingerprint density at radius 2 is 1.88 bits per heavy atom. The van der Waals surface area contributed by atoms with Gasteiger partial charge in [0.2, 0.25) is 5.91 Å². The highest BCUT2D eigenvalue weighted by Gasteiger charge is 2.42. The summed E-state index contributed by atoms with van der Waals surface area (Å²) in [4.78, 5) is 32.4. The van der Waals surface area contributed by atoms with Gasteiger partial charge in [-0.25, -0.2) is 9.79 Å². The Hall–Kier alpha value is -3.26. The number of rotatable bonds is 6. The van der Waals surface area contributed by atoms with E-state index in [1.165, 1.54) is 11.8 Å². The lowest BCUT2D eigenvalue weighted by atomic mass is 9.93. The second-order valence-electron chi connectivity index (χ2n) is 7.33. The van der Waals surface area contributed by atoms with Crippen LogP contribution in [0.4, 0.5) is 0 Å². The lowest BCUT2D eigenvalue weighted by molar-refractivity contribution is -0.141. The third-order valence-electron chi connectivity index (χ3n) is 5.36. The summed E-state index contributed by atoms with van der Waals surface area (Å²) < 4.78 is 16.5. The van der Waals surface area contributed by atoms with Gasteiger partial charge in [-0.05, 0) is 30.2 Å². The summed E-state index contributed by atoms with van der Waals surface area (Å²) in [5, 5.41) is 0.596. The molecule has 0 N–H and O–H groups in total. The molecule has 0 saturated carbocycles. The number of carbonyl (C=O) groups is 2. The average Bonchev–Trinajstić information content (AvgIpc) is 2.82. The largest absolute Gasteiger partial charge is 0.493 e. The van der Waals surface area contributed by atoms with E-state index in [0.717, 1.165) is 11.1 Å². The predicted molar refractivity (Wildman–Crippen MR) is 123 cm³/mol.